The average Bonchev–Trinajstić information content (AvgIpc) is 2.96. The number of imidazole rings is 1. The van der Waals surface area contributed by atoms with Crippen molar-refractivity contribution in [2.75, 3.05) is 13.1 Å². The van der Waals surface area contributed by atoms with Crippen LogP contribution >= 0.6 is 0 Å². The van der Waals surface area contributed by atoms with Crippen molar-refractivity contribution in [1.82, 2.24) is 14.5 Å². The second-order valence-electron chi connectivity index (χ2n) is 4.28. The summed E-state index contributed by atoms with van der Waals surface area (Å²) in [5, 5.41) is 9.03. The molecule has 0 saturated carbocycles. The van der Waals surface area contributed by atoms with Crippen LogP contribution in [0.5, 0.6) is 0 Å². The van der Waals surface area contributed by atoms with Gasteiger partial charge in [0.05, 0.1) is 6.33 Å². The van der Waals surface area contributed by atoms with Gasteiger partial charge in [0.15, 0.2) is 0 Å². The number of amides is 1. The van der Waals surface area contributed by atoms with Crippen LogP contribution in [0.2, 0.25) is 0 Å². The van der Waals surface area contributed by atoms with Crippen LogP contribution in [-0.4, -0.2) is 50.6 Å². The van der Waals surface area contributed by atoms with E-state index in [1.54, 1.807) is 10.8 Å². The molecule has 18 heavy (non-hydrogen) atoms. The van der Waals surface area contributed by atoms with E-state index < -0.39 is 12.0 Å². The van der Waals surface area contributed by atoms with Gasteiger partial charge in [0.25, 0.3) is 5.91 Å². The van der Waals surface area contributed by atoms with Crippen molar-refractivity contribution in [3.8, 4) is 0 Å². The van der Waals surface area contributed by atoms with Crippen LogP contribution in [0.25, 0.3) is 0 Å². The molecule has 1 aromatic heterocycles. The van der Waals surface area contributed by atoms with Gasteiger partial charge in [-0.15, -0.1) is 0 Å². The first kappa shape index (κ1) is 12.6. The first-order valence-electron chi connectivity index (χ1n) is 5.89. The lowest BCUT2D eigenvalue weighted by atomic mass is 10.2. The second kappa shape index (κ2) is 5.18. The predicted molar refractivity (Wildman–Crippen MR) is 63.0 cm³/mol. The highest BCUT2D eigenvalue weighted by Crippen LogP contribution is 2.19. The molecule has 1 aliphatic rings. The molecule has 3 N–H and O–H groups in total. The Morgan fingerprint density at radius 1 is 1.56 bits per heavy atom. The first-order valence-corrected chi connectivity index (χ1v) is 5.89. The number of hydrogen-bond donors (Lipinski definition) is 2. The highest BCUT2D eigenvalue weighted by Gasteiger charge is 2.35. The van der Waals surface area contributed by atoms with E-state index in [1.807, 2.05) is 0 Å². The largest absolute Gasteiger partial charge is 0.480 e. The second-order valence-corrected chi connectivity index (χ2v) is 4.28. The quantitative estimate of drug-likeness (QED) is 0.754. The Morgan fingerprint density at radius 3 is 3.00 bits per heavy atom. The van der Waals surface area contributed by atoms with Gasteiger partial charge in [0, 0.05) is 25.8 Å². The maximum absolute atomic E-state index is 12.1. The van der Waals surface area contributed by atoms with Crippen LogP contribution in [0.3, 0.4) is 0 Å². The third-order valence-electron chi connectivity index (χ3n) is 3.04. The summed E-state index contributed by atoms with van der Waals surface area (Å²) in [6.07, 6.45) is 4.36. The molecule has 7 heteroatoms. The number of rotatable bonds is 4. The van der Waals surface area contributed by atoms with E-state index in [-0.39, 0.29) is 11.6 Å². The van der Waals surface area contributed by atoms with Crippen LogP contribution in [0, 0.1) is 0 Å². The predicted octanol–water partition coefficient (Wildman–Crippen LogP) is -0.469. The van der Waals surface area contributed by atoms with Gasteiger partial charge in [0.1, 0.15) is 11.7 Å². The molecule has 2 heterocycles. The van der Waals surface area contributed by atoms with Gasteiger partial charge < -0.3 is 20.3 Å². The van der Waals surface area contributed by atoms with Crippen LogP contribution in [-0.2, 0) is 11.3 Å². The van der Waals surface area contributed by atoms with E-state index in [9.17, 15) is 9.59 Å². The molecular weight excluding hydrogens is 236 g/mol. The van der Waals surface area contributed by atoms with Crippen LogP contribution in [0.4, 0.5) is 0 Å². The van der Waals surface area contributed by atoms with E-state index in [2.05, 4.69) is 4.98 Å². The minimum atomic E-state index is -0.956. The fraction of sp³-hybridized carbons (Fsp3) is 0.545. The summed E-state index contributed by atoms with van der Waals surface area (Å²) >= 11 is 0. The van der Waals surface area contributed by atoms with Crippen LogP contribution in [0.1, 0.15) is 23.3 Å². The Balaban J connectivity index is 2.12. The van der Waals surface area contributed by atoms with E-state index in [0.717, 1.165) is 0 Å². The van der Waals surface area contributed by atoms with Gasteiger partial charge in [-0.1, -0.05) is 0 Å². The fourth-order valence-electron chi connectivity index (χ4n) is 2.16. The number of aromatic nitrogens is 2. The molecule has 7 nitrogen and oxygen atoms in total. The van der Waals surface area contributed by atoms with Crippen molar-refractivity contribution in [3.63, 3.8) is 0 Å². The molecule has 0 radical (unpaired) electrons. The smallest absolute Gasteiger partial charge is 0.326 e. The summed E-state index contributed by atoms with van der Waals surface area (Å²) in [4.78, 5) is 28.5. The maximum atomic E-state index is 12.1. The van der Waals surface area contributed by atoms with Gasteiger partial charge in [-0.2, -0.15) is 0 Å². The molecule has 1 amide bonds. The standard InChI is InChI=1S/C11H16N4O3/c12-3-5-14-6-8(13-7-14)10(16)15-4-1-2-9(15)11(17)18/h6-7,9H,1-5,12H2,(H,17,18)/t9-/m1/s1. The lowest BCUT2D eigenvalue weighted by molar-refractivity contribution is -0.141. The Morgan fingerprint density at radius 2 is 2.33 bits per heavy atom. The van der Waals surface area contributed by atoms with Gasteiger partial charge >= 0.3 is 5.97 Å². The van der Waals surface area contributed by atoms with Crippen molar-refractivity contribution < 1.29 is 14.7 Å². The van der Waals surface area contributed by atoms with Gasteiger partial charge in [0.2, 0.25) is 0 Å². The Bertz CT molecular complexity index is 457. The normalized spacial score (nSPS) is 19.2. The molecule has 2 rings (SSSR count). The highest BCUT2D eigenvalue weighted by atomic mass is 16.4. The van der Waals surface area contributed by atoms with E-state index in [1.165, 1.54) is 11.2 Å². The molecule has 0 unspecified atom stereocenters. The maximum Gasteiger partial charge on any atom is 0.326 e. The first-order chi connectivity index (χ1) is 8.63. The third kappa shape index (κ3) is 2.35. The minimum absolute atomic E-state index is 0.275. The lowest BCUT2D eigenvalue weighted by Crippen LogP contribution is -2.40. The molecule has 0 bridgehead atoms. The van der Waals surface area contributed by atoms with Crippen LogP contribution in [0.15, 0.2) is 12.5 Å². The molecule has 1 fully saturated rings. The molecule has 98 valence electrons. The zero-order valence-corrected chi connectivity index (χ0v) is 9.95. The molecule has 0 aliphatic carbocycles. The summed E-state index contributed by atoms with van der Waals surface area (Å²) in [5.74, 6) is -1.28. The van der Waals surface area contributed by atoms with Gasteiger partial charge in [-0.25, -0.2) is 9.78 Å². The number of carboxylic acids is 1. The summed E-state index contributed by atoms with van der Waals surface area (Å²) in [6.45, 7) is 1.52. The van der Waals surface area contributed by atoms with Crippen molar-refractivity contribution in [2.24, 2.45) is 5.73 Å². The van der Waals surface area contributed by atoms with Crippen molar-refractivity contribution in [1.29, 1.82) is 0 Å². The fourth-order valence-corrected chi connectivity index (χ4v) is 2.16. The highest BCUT2D eigenvalue weighted by molar-refractivity contribution is 5.95. The molecule has 0 aromatic carbocycles. The third-order valence-corrected chi connectivity index (χ3v) is 3.04. The minimum Gasteiger partial charge on any atom is -0.480 e. The lowest BCUT2D eigenvalue weighted by Gasteiger charge is -2.20. The monoisotopic (exact) mass is 252 g/mol. The molecule has 1 aliphatic heterocycles. The number of hydrogen-bond acceptors (Lipinski definition) is 4. The number of nitrogens with zero attached hydrogens (tertiary/aromatic N) is 3. The van der Waals surface area contributed by atoms with E-state index >= 15 is 0 Å². The zero-order chi connectivity index (χ0) is 13.1. The van der Waals surface area contributed by atoms with Gasteiger partial charge in [-0.3, -0.25) is 4.79 Å². The number of carbonyl (C=O) groups is 2. The molecule has 1 aromatic rings. The molecule has 1 saturated heterocycles. The Hall–Kier alpha value is -1.89. The van der Waals surface area contributed by atoms with Crippen molar-refractivity contribution in [2.45, 2.75) is 25.4 Å². The number of likely N-dealkylation sites (tertiary alicyclic amines) is 1. The molecule has 1 atom stereocenters. The molecular formula is C11H16N4O3. The van der Waals surface area contributed by atoms with Gasteiger partial charge in [-0.05, 0) is 12.8 Å². The Kier molecular flexibility index (Phi) is 3.61. The number of carbonyl (C=O) groups excluding carboxylic acids is 1. The van der Waals surface area contributed by atoms with Crippen LogP contribution < -0.4 is 5.73 Å². The van der Waals surface area contributed by atoms with E-state index in [0.29, 0.717) is 32.5 Å². The summed E-state index contributed by atoms with van der Waals surface area (Å²) in [5.41, 5.74) is 5.68. The average molecular weight is 252 g/mol. The zero-order valence-electron chi connectivity index (χ0n) is 9.95. The van der Waals surface area contributed by atoms with Crippen molar-refractivity contribution in [3.05, 3.63) is 18.2 Å². The number of carboxylic acid groups (broad SMARTS) is 1. The topological polar surface area (TPSA) is 101 Å². The SMILES string of the molecule is NCCn1cnc(C(=O)N2CCC[C@@H]2C(=O)O)c1. The van der Waals surface area contributed by atoms with Crippen molar-refractivity contribution >= 4 is 11.9 Å². The number of nitrogens with two attached hydrogens (primary N) is 1. The summed E-state index contributed by atoms with van der Waals surface area (Å²) in [6, 6.07) is -0.725. The Labute approximate surface area is 104 Å². The summed E-state index contributed by atoms with van der Waals surface area (Å²) in [7, 11) is 0. The van der Waals surface area contributed by atoms with E-state index in [4.69, 9.17) is 10.8 Å². The molecule has 0 spiro atoms. The number of aliphatic carboxylic acids is 1. The summed E-state index contributed by atoms with van der Waals surface area (Å²) < 4.78 is 1.72.